The number of amides is 1. The van der Waals surface area contributed by atoms with Crippen molar-refractivity contribution in [3.8, 4) is 0 Å². The van der Waals surface area contributed by atoms with Gasteiger partial charge in [0.25, 0.3) is 0 Å². The van der Waals surface area contributed by atoms with Crippen molar-refractivity contribution in [1.82, 2.24) is 24.6 Å². The highest BCUT2D eigenvalue weighted by Crippen LogP contribution is 2.54. The Morgan fingerprint density at radius 3 is 2.48 bits per heavy atom. The van der Waals surface area contributed by atoms with E-state index in [0.29, 0.717) is 11.9 Å². The molecule has 8 heteroatoms. The first kappa shape index (κ1) is 19.4. The van der Waals surface area contributed by atoms with Gasteiger partial charge < -0.3 is 15.4 Å². The van der Waals surface area contributed by atoms with E-state index in [9.17, 15) is 4.79 Å². The van der Waals surface area contributed by atoms with E-state index in [1.165, 1.54) is 6.33 Å². The lowest BCUT2D eigenvalue weighted by Crippen LogP contribution is -2.64. The maximum Gasteiger partial charge on any atom is 0.410 e. The number of carbonyl (C=O) groups is 1. The molecule has 0 atom stereocenters. The molecular weight excluding hydrogens is 344 g/mol. The Morgan fingerprint density at radius 2 is 1.89 bits per heavy atom. The summed E-state index contributed by atoms with van der Waals surface area (Å²) in [6, 6.07) is 0.297. The summed E-state index contributed by atoms with van der Waals surface area (Å²) in [6.45, 7) is 13.1. The smallest absolute Gasteiger partial charge is 0.410 e. The molecule has 2 fully saturated rings. The molecule has 27 heavy (non-hydrogen) atoms. The Morgan fingerprint density at radius 1 is 1.26 bits per heavy atom. The molecule has 4 rings (SSSR count). The second-order valence-electron chi connectivity index (χ2n) is 8.39. The van der Waals surface area contributed by atoms with Gasteiger partial charge >= 0.3 is 6.09 Å². The maximum atomic E-state index is 12.1. The second-order valence-corrected chi connectivity index (χ2v) is 8.39. The molecule has 1 aliphatic carbocycles. The van der Waals surface area contributed by atoms with Crippen LogP contribution in [0.3, 0.4) is 0 Å². The van der Waals surface area contributed by atoms with Crippen molar-refractivity contribution in [2.75, 3.05) is 18.8 Å². The van der Waals surface area contributed by atoms with Gasteiger partial charge in [-0.2, -0.15) is 5.10 Å². The molecule has 1 saturated carbocycles. The third-order valence-electron chi connectivity index (χ3n) is 5.08. The minimum atomic E-state index is -0.451. The van der Waals surface area contributed by atoms with Crippen LogP contribution in [0.4, 0.5) is 10.6 Å². The topological polar surface area (TPSA) is 99.2 Å². The lowest BCUT2D eigenvalue weighted by atomic mass is 9.61. The number of nitrogens with zero attached hydrogens (tertiary/aromatic N) is 5. The molecule has 148 valence electrons. The van der Waals surface area contributed by atoms with E-state index in [0.717, 1.165) is 42.7 Å². The third-order valence-corrected chi connectivity index (χ3v) is 5.08. The quantitative estimate of drug-likeness (QED) is 0.822. The average Bonchev–Trinajstić information content (AvgIpc) is 2.83. The van der Waals surface area contributed by atoms with Crippen molar-refractivity contribution in [3.05, 3.63) is 12.0 Å². The summed E-state index contributed by atoms with van der Waals surface area (Å²) >= 11 is 0. The van der Waals surface area contributed by atoms with Gasteiger partial charge in [0, 0.05) is 18.5 Å². The van der Waals surface area contributed by atoms with E-state index >= 15 is 0 Å². The number of aromatic nitrogens is 4. The van der Waals surface area contributed by atoms with Gasteiger partial charge in [0.1, 0.15) is 17.7 Å². The van der Waals surface area contributed by atoms with Crippen LogP contribution in [0.15, 0.2) is 6.33 Å². The van der Waals surface area contributed by atoms with Crippen molar-refractivity contribution in [2.45, 2.75) is 66.0 Å². The molecule has 0 bridgehead atoms. The van der Waals surface area contributed by atoms with Crippen LogP contribution in [0, 0.1) is 12.3 Å². The highest BCUT2D eigenvalue weighted by atomic mass is 16.6. The van der Waals surface area contributed by atoms with E-state index in [2.05, 4.69) is 15.1 Å². The van der Waals surface area contributed by atoms with Crippen molar-refractivity contribution in [2.24, 2.45) is 5.41 Å². The molecule has 0 unspecified atom stereocenters. The summed E-state index contributed by atoms with van der Waals surface area (Å²) in [6.07, 6.45) is 3.25. The van der Waals surface area contributed by atoms with E-state index < -0.39 is 5.60 Å². The van der Waals surface area contributed by atoms with Gasteiger partial charge in [-0.15, -0.1) is 0 Å². The minimum absolute atomic E-state index is 0.201. The first-order valence-electron chi connectivity index (χ1n) is 9.61. The number of rotatable bonds is 1. The Hall–Kier alpha value is -2.38. The summed E-state index contributed by atoms with van der Waals surface area (Å²) in [5.74, 6) is 0.475. The number of nitrogen functional groups attached to an aromatic ring is 1. The first-order valence-corrected chi connectivity index (χ1v) is 9.61. The molecule has 1 saturated heterocycles. The fraction of sp³-hybridized carbons (Fsp3) is 0.684. The molecule has 8 nitrogen and oxygen atoms in total. The predicted octanol–water partition coefficient (Wildman–Crippen LogP) is 3.32. The highest BCUT2D eigenvalue weighted by Gasteiger charge is 2.55. The van der Waals surface area contributed by atoms with E-state index in [-0.39, 0.29) is 11.5 Å². The number of nitrogens with two attached hydrogens (primary N) is 1. The fourth-order valence-electron chi connectivity index (χ4n) is 4.01. The number of hydrogen-bond donors (Lipinski definition) is 1. The average molecular weight is 374 g/mol. The van der Waals surface area contributed by atoms with Gasteiger partial charge in [0.2, 0.25) is 0 Å². The molecule has 2 aliphatic rings. The molecule has 2 N–H and O–H groups in total. The number of likely N-dealkylation sites (tertiary alicyclic amines) is 1. The van der Waals surface area contributed by atoms with Crippen LogP contribution >= 0.6 is 0 Å². The van der Waals surface area contributed by atoms with Crippen LogP contribution in [-0.2, 0) is 4.74 Å². The van der Waals surface area contributed by atoms with Gasteiger partial charge in [-0.3, -0.25) is 0 Å². The van der Waals surface area contributed by atoms with Crippen LogP contribution in [0.5, 0.6) is 0 Å². The van der Waals surface area contributed by atoms with Crippen LogP contribution in [0.2, 0.25) is 0 Å². The maximum absolute atomic E-state index is 12.1. The van der Waals surface area contributed by atoms with Crippen LogP contribution in [0.1, 0.15) is 59.2 Å². The van der Waals surface area contributed by atoms with Gasteiger partial charge in [-0.1, -0.05) is 13.8 Å². The molecule has 1 aliphatic heterocycles. The van der Waals surface area contributed by atoms with Crippen molar-refractivity contribution >= 4 is 22.9 Å². The largest absolute Gasteiger partial charge is 0.444 e. The van der Waals surface area contributed by atoms with Crippen molar-refractivity contribution < 1.29 is 9.53 Å². The number of carbonyl (C=O) groups excluding carboxylic acids is 1. The minimum Gasteiger partial charge on any atom is -0.444 e. The Bertz CT molecular complexity index is 840. The molecular formula is C19H30N6O2. The zero-order valence-corrected chi connectivity index (χ0v) is 17.1. The predicted molar refractivity (Wildman–Crippen MR) is 104 cm³/mol. The number of aryl methyl sites for hydroxylation is 1. The molecule has 1 spiro atoms. The SMILES string of the molecule is CC.Cc1nn(C2CC3(C2)CN(C(=O)OC(C)(C)C)C3)c2ncnc(N)c12. The first-order chi connectivity index (χ1) is 12.7. The number of fused-ring (bicyclic) bond motifs is 1. The van der Waals surface area contributed by atoms with Crippen molar-refractivity contribution in [3.63, 3.8) is 0 Å². The lowest BCUT2D eigenvalue weighted by Gasteiger charge is -2.58. The Kier molecular flexibility index (Phi) is 4.78. The lowest BCUT2D eigenvalue weighted by molar-refractivity contribution is -0.0921. The summed E-state index contributed by atoms with van der Waals surface area (Å²) < 4.78 is 7.40. The van der Waals surface area contributed by atoms with Gasteiger partial charge in [-0.05, 0) is 40.5 Å². The molecule has 2 aromatic heterocycles. The van der Waals surface area contributed by atoms with Crippen LogP contribution < -0.4 is 5.73 Å². The molecule has 1 amide bonds. The monoisotopic (exact) mass is 374 g/mol. The summed E-state index contributed by atoms with van der Waals surface area (Å²) in [4.78, 5) is 22.3. The molecule has 0 aromatic carbocycles. The number of anilines is 1. The number of ether oxygens (including phenoxy) is 1. The zero-order chi connectivity index (χ0) is 20.0. The Balaban J connectivity index is 0.00000102. The second kappa shape index (κ2) is 6.65. The molecule has 2 aromatic rings. The molecule has 3 heterocycles. The van der Waals surface area contributed by atoms with Crippen LogP contribution in [-0.4, -0.2) is 49.4 Å². The van der Waals surface area contributed by atoms with Gasteiger partial charge in [0.15, 0.2) is 5.65 Å². The summed E-state index contributed by atoms with van der Waals surface area (Å²) in [5, 5.41) is 5.47. The standard InChI is InChI=1S/C17H24N6O2.C2H6/c1-10-12-13(18)19-9-20-14(12)23(21-10)11-5-17(6-11)7-22(8-17)15(24)25-16(2,3)4;1-2/h9,11H,5-8H2,1-4H3,(H2,18,19,20);1-2H3. The summed E-state index contributed by atoms with van der Waals surface area (Å²) in [5.41, 5.74) is 7.37. The zero-order valence-electron chi connectivity index (χ0n) is 17.1. The van der Waals surface area contributed by atoms with E-state index in [1.54, 1.807) is 4.90 Å². The Labute approximate surface area is 160 Å². The van der Waals surface area contributed by atoms with Gasteiger partial charge in [-0.25, -0.2) is 19.4 Å². The highest BCUT2D eigenvalue weighted by molar-refractivity contribution is 5.87. The molecule has 0 radical (unpaired) electrons. The normalized spacial score (nSPS) is 18.5. The van der Waals surface area contributed by atoms with Gasteiger partial charge in [0.05, 0.1) is 17.1 Å². The van der Waals surface area contributed by atoms with E-state index in [1.807, 2.05) is 46.2 Å². The van der Waals surface area contributed by atoms with Crippen molar-refractivity contribution in [1.29, 1.82) is 0 Å². The third kappa shape index (κ3) is 3.44. The van der Waals surface area contributed by atoms with Crippen LogP contribution in [0.25, 0.3) is 11.0 Å². The van der Waals surface area contributed by atoms with E-state index in [4.69, 9.17) is 10.5 Å². The summed E-state index contributed by atoms with van der Waals surface area (Å²) in [7, 11) is 0. The fourth-order valence-corrected chi connectivity index (χ4v) is 4.01. The number of hydrogen-bond acceptors (Lipinski definition) is 6.